The zero-order chi connectivity index (χ0) is 30.2. The fraction of sp³-hybridized carbons (Fsp3) is 0.719. The van der Waals surface area contributed by atoms with Crippen LogP contribution >= 0.6 is 0 Å². The molecule has 1 heterocycles. The first-order valence-corrected chi connectivity index (χ1v) is 15.6. The van der Waals surface area contributed by atoms with Crippen LogP contribution in [0, 0.1) is 27.6 Å². The van der Waals surface area contributed by atoms with E-state index in [0.717, 1.165) is 51.4 Å². The molecule has 2 bridgehead atoms. The molecule has 1 aromatic rings. The number of aromatic hydroxyl groups is 1. The molecular formula is C32H45N3O7. The molecule has 2 amide bonds. The van der Waals surface area contributed by atoms with Crippen molar-refractivity contribution >= 4 is 23.5 Å². The molecule has 3 saturated carbocycles. The molecule has 5 rings (SSSR count). The van der Waals surface area contributed by atoms with Gasteiger partial charge in [0.25, 0.3) is 0 Å². The fourth-order valence-electron chi connectivity index (χ4n) is 8.16. The lowest BCUT2D eigenvalue weighted by molar-refractivity contribution is -0.165. The van der Waals surface area contributed by atoms with Gasteiger partial charge in [-0.1, -0.05) is 46.1 Å². The number of fused-ring (bicyclic) bond motifs is 2. The number of hydrogen-bond acceptors (Lipinski definition) is 8. The third kappa shape index (κ3) is 5.54. The van der Waals surface area contributed by atoms with Crippen molar-refractivity contribution in [3.8, 4) is 5.75 Å². The van der Waals surface area contributed by atoms with Gasteiger partial charge in [-0.3, -0.25) is 9.59 Å². The SMILES string of the molecule is CC1(C)C2CCC1(C)C(OC(=O)C1CCCN1C(=O)C(NC(=O)C(O)Cc1ccc(O)c(N=O)c1)C1CCCCC1)C2. The Morgan fingerprint density at radius 1 is 1.10 bits per heavy atom. The quantitative estimate of drug-likeness (QED) is 0.286. The topological polar surface area (TPSA) is 146 Å². The molecule has 1 aromatic carbocycles. The second-order valence-corrected chi connectivity index (χ2v) is 13.7. The summed E-state index contributed by atoms with van der Waals surface area (Å²) < 4.78 is 6.18. The Balaban J connectivity index is 1.28. The second-order valence-electron chi connectivity index (χ2n) is 13.7. The molecular weight excluding hydrogens is 538 g/mol. The molecule has 4 fully saturated rings. The summed E-state index contributed by atoms with van der Waals surface area (Å²) >= 11 is 0. The zero-order valence-corrected chi connectivity index (χ0v) is 25.0. The van der Waals surface area contributed by atoms with Gasteiger partial charge in [0, 0.05) is 18.4 Å². The van der Waals surface area contributed by atoms with E-state index in [2.05, 4.69) is 31.3 Å². The maximum Gasteiger partial charge on any atom is 0.329 e. The Hall–Kier alpha value is -3.01. The normalized spacial score (nSPS) is 30.1. The number of hydrogen-bond donors (Lipinski definition) is 3. The van der Waals surface area contributed by atoms with E-state index in [1.165, 1.54) is 18.2 Å². The maximum atomic E-state index is 14.1. The number of aliphatic hydroxyl groups is 1. The van der Waals surface area contributed by atoms with E-state index in [9.17, 15) is 29.5 Å². The molecule has 4 aliphatic rings. The number of nitrogens with one attached hydrogen (secondary N) is 1. The third-order valence-electron chi connectivity index (χ3n) is 11.3. The Labute approximate surface area is 247 Å². The highest BCUT2D eigenvalue weighted by molar-refractivity contribution is 5.92. The number of benzene rings is 1. The van der Waals surface area contributed by atoms with Crippen LogP contribution in [0.15, 0.2) is 23.4 Å². The van der Waals surface area contributed by atoms with Crippen LogP contribution in [0.3, 0.4) is 0 Å². The van der Waals surface area contributed by atoms with Gasteiger partial charge < -0.3 is 25.2 Å². The number of likely N-dealkylation sites (tertiary alicyclic amines) is 1. The van der Waals surface area contributed by atoms with E-state index in [-0.39, 0.29) is 52.6 Å². The van der Waals surface area contributed by atoms with E-state index in [1.54, 1.807) is 4.90 Å². The van der Waals surface area contributed by atoms with Gasteiger partial charge in [-0.05, 0) is 85.1 Å². The number of ether oxygens (including phenoxy) is 1. The van der Waals surface area contributed by atoms with Crippen LogP contribution in [0.25, 0.3) is 0 Å². The molecule has 10 heteroatoms. The van der Waals surface area contributed by atoms with E-state index in [0.29, 0.717) is 30.9 Å². The second kappa shape index (κ2) is 11.9. The Morgan fingerprint density at radius 3 is 2.48 bits per heavy atom. The van der Waals surface area contributed by atoms with Gasteiger partial charge in [0.15, 0.2) is 0 Å². The Kier molecular flexibility index (Phi) is 8.65. The minimum Gasteiger partial charge on any atom is -0.506 e. The lowest BCUT2D eigenvalue weighted by Gasteiger charge is -2.39. The maximum absolute atomic E-state index is 14.1. The molecule has 0 spiro atoms. The smallest absolute Gasteiger partial charge is 0.329 e. The number of aliphatic hydroxyl groups excluding tert-OH is 1. The van der Waals surface area contributed by atoms with Crippen molar-refractivity contribution < 1.29 is 29.3 Å². The highest BCUT2D eigenvalue weighted by Crippen LogP contribution is 2.66. The van der Waals surface area contributed by atoms with Crippen molar-refractivity contribution in [2.75, 3.05) is 6.54 Å². The molecule has 0 aromatic heterocycles. The highest BCUT2D eigenvalue weighted by atomic mass is 16.5. The number of nitroso groups, excluding NO2 is 1. The summed E-state index contributed by atoms with van der Waals surface area (Å²) in [6, 6.07) is 2.58. The highest BCUT2D eigenvalue weighted by Gasteiger charge is 2.63. The van der Waals surface area contributed by atoms with Crippen LogP contribution in [0.4, 0.5) is 5.69 Å². The summed E-state index contributed by atoms with van der Waals surface area (Å²) in [6.07, 6.45) is 7.03. The average molecular weight is 584 g/mol. The van der Waals surface area contributed by atoms with Gasteiger partial charge in [0.1, 0.15) is 35.7 Å². The van der Waals surface area contributed by atoms with Crippen LogP contribution in [0.2, 0.25) is 0 Å². The van der Waals surface area contributed by atoms with E-state index in [1.807, 2.05) is 0 Å². The van der Waals surface area contributed by atoms with Crippen molar-refractivity contribution in [1.29, 1.82) is 0 Å². The number of esters is 1. The van der Waals surface area contributed by atoms with Gasteiger partial charge in [-0.2, -0.15) is 0 Å². The van der Waals surface area contributed by atoms with Crippen LogP contribution in [0.1, 0.15) is 90.5 Å². The number of carbonyl (C=O) groups is 3. The van der Waals surface area contributed by atoms with E-state index >= 15 is 0 Å². The number of phenols is 1. The van der Waals surface area contributed by atoms with Crippen molar-refractivity contribution in [2.45, 2.75) is 116 Å². The molecule has 6 unspecified atom stereocenters. The molecule has 10 nitrogen and oxygen atoms in total. The van der Waals surface area contributed by atoms with Gasteiger partial charge >= 0.3 is 5.97 Å². The summed E-state index contributed by atoms with van der Waals surface area (Å²) in [5, 5.41) is 26.0. The van der Waals surface area contributed by atoms with Crippen molar-refractivity contribution in [2.24, 2.45) is 27.8 Å². The summed E-state index contributed by atoms with van der Waals surface area (Å²) in [6.45, 7) is 7.19. The average Bonchev–Trinajstić information content (AvgIpc) is 3.60. The number of carbonyl (C=O) groups excluding carboxylic acids is 3. The number of rotatable bonds is 9. The monoisotopic (exact) mass is 583 g/mol. The van der Waals surface area contributed by atoms with Gasteiger partial charge in [0.05, 0.1) is 0 Å². The molecule has 6 atom stereocenters. The van der Waals surface area contributed by atoms with Crippen molar-refractivity contribution in [3.63, 3.8) is 0 Å². The van der Waals surface area contributed by atoms with E-state index < -0.39 is 24.1 Å². The van der Waals surface area contributed by atoms with Crippen molar-refractivity contribution in [3.05, 3.63) is 28.7 Å². The number of nitrogens with zero attached hydrogens (tertiary/aromatic N) is 2. The fourth-order valence-corrected chi connectivity index (χ4v) is 8.16. The van der Waals surface area contributed by atoms with Crippen molar-refractivity contribution in [1.82, 2.24) is 10.2 Å². The zero-order valence-electron chi connectivity index (χ0n) is 25.0. The largest absolute Gasteiger partial charge is 0.506 e. The van der Waals surface area contributed by atoms with E-state index in [4.69, 9.17) is 4.74 Å². The van der Waals surface area contributed by atoms with Gasteiger partial charge in [-0.25, -0.2) is 4.79 Å². The van der Waals surface area contributed by atoms with Gasteiger partial charge in [-0.15, -0.1) is 4.91 Å². The molecule has 42 heavy (non-hydrogen) atoms. The first kappa shape index (κ1) is 30.4. The summed E-state index contributed by atoms with van der Waals surface area (Å²) in [5.41, 5.74) is 0.303. The standard InChI is InChI=1S/C32H45N3O7/c1-31(2)21-13-14-32(31,3)26(18-21)42-30(40)23-10-7-15-35(23)29(39)27(20-8-5-4-6-9-20)33-28(38)25(37)17-19-11-12-24(36)22(16-19)34-41/h11-12,16,20-21,23,25-27,36-37H,4-10,13-15,17-18H2,1-3H3,(H,33,38). The number of phenolic OH excluding ortho intramolecular Hbond substituents is 1. The molecule has 1 aliphatic heterocycles. The lowest BCUT2D eigenvalue weighted by atomic mass is 9.70. The predicted octanol–water partition coefficient (Wildman–Crippen LogP) is 4.51. The minimum atomic E-state index is -1.48. The predicted molar refractivity (Wildman–Crippen MR) is 156 cm³/mol. The lowest BCUT2D eigenvalue weighted by Crippen LogP contribution is -2.57. The van der Waals surface area contributed by atoms with Crippen LogP contribution in [-0.2, 0) is 25.5 Å². The van der Waals surface area contributed by atoms with Crippen LogP contribution < -0.4 is 5.32 Å². The number of amides is 2. The molecule has 3 aliphatic carbocycles. The Morgan fingerprint density at radius 2 is 1.83 bits per heavy atom. The summed E-state index contributed by atoms with van der Waals surface area (Å²) in [5.74, 6) is -1.18. The summed E-state index contributed by atoms with van der Waals surface area (Å²) in [4.78, 5) is 53.4. The first-order valence-electron chi connectivity index (χ1n) is 15.6. The Bertz CT molecular complexity index is 1210. The van der Waals surface area contributed by atoms with Crippen LogP contribution in [-0.4, -0.2) is 63.7 Å². The molecule has 3 N–H and O–H groups in total. The first-order chi connectivity index (χ1) is 20.0. The molecule has 1 saturated heterocycles. The molecule has 0 radical (unpaired) electrons. The molecule has 230 valence electrons. The van der Waals surface area contributed by atoms with Gasteiger partial charge in [0.2, 0.25) is 11.8 Å². The summed E-state index contributed by atoms with van der Waals surface area (Å²) in [7, 11) is 0. The van der Waals surface area contributed by atoms with Crippen LogP contribution in [0.5, 0.6) is 5.75 Å². The third-order valence-corrected chi connectivity index (χ3v) is 11.3. The minimum absolute atomic E-state index is 0.0738.